The molecule has 0 bridgehead atoms. The molecule has 0 aliphatic rings. The first kappa shape index (κ1) is 13.4. The highest BCUT2D eigenvalue weighted by molar-refractivity contribution is 9.10. The minimum absolute atomic E-state index is 0.0259. The normalized spacial score (nSPS) is 10.2. The second kappa shape index (κ2) is 5.75. The van der Waals surface area contributed by atoms with Crippen LogP contribution in [0.25, 0.3) is 0 Å². The average molecular weight is 322 g/mol. The van der Waals surface area contributed by atoms with E-state index in [1.54, 1.807) is 0 Å². The highest BCUT2D eigenvalue weighted by Crippen LogP contribution is 2.21. The molecule has 2 aromatic rings. The maximum absolute atomic E-state index is 11.9. The minimum atomic E-state index is -0.566. The van der Waals surface area contributed by atoms with Gasteiger partial charge < -0.3 is 15.6 Å². The monoisotopic (exact) mass is 321 g/mol. The number of phenolic OH excluding ortho intramolecular Hbond substituents is 1. The largest absolute Gasteiger partial charge is 0.508 e. The summed E-state index contributed by atoms with van der Waals surface area (Å²) in [6.07, 6.45) is 0. The number of hydrogen-bond donors (Lipinski definition) is 2. The van der Waals surface area contributed by atoms with E-state index in [-0.39, 0.29) is 23.6 Å². The summed E-state index contributed by atoms with van der Waals surface area (Å²) in [6.45, 7) is 0.134. The lowest BCUT2D eigenvalue weighted by atomic mass is 10.1. The molecule has 0 aromatic heterocycles. The van der Waals surface area contributed by atoms with Crippen molar-refractivity contribution in [2.75, 3.05) is 5.73 Å². The second-order valence-corrected chi connectivity index (χ2v) is 4.79. The van der Waals surface area contributed by atoms with Crippen molar-refractivity contribution in [3.05, 3.63) is 58.1 Å². The van der Waals surface area contributed by atoms with Crippen LogP contribution in [0.5, 0.6) is 5.75 Å². The first-order valence-corrected chi connectivity index (χ1v) is 6.36. The second-order valence-electron chi connectivity index (χ2n) is 3.94. The Morgan fingerprint density at radius 1 is 1.26 bits per heavy atom. The van der Waals surface area contributed by atoms with Gasteiger partial charge in [0.2, 0.25) is 0 Å². The van der Waals surface area contributed by atoms with Gasteiger partial charge >= 0.3 is 5.97 Å². The molecule has 0 aliphatic carbocycles. The number of nitrogens with two attached hydrogens (primary N) is 1. The lowest BCUT2D eigenvalue weighted by molar-refractivity contribution is 0.0473. The van der Waals surface area contributed by atoms with Crippen LogP contribution < -0.4 is 5.73 Å². The van der Waals surface area contributed by atoms with Crippen LogP contribution in [0.3, 0.4) is 0 Å². The van der Waals surface area contributed by atoms with E-state index in [1.807, 2.05) is 24.3 Å². The standard InChI is InChI=1S/C14H12BrNO3/c15-12-4-2-1-3-9(12)8-19-14(18)11-7-10(17)5-6-13(11)16/h1-7,17H,8,16H2. The molecule has 2 rings (SSSR count). The first-order valence-electron chi connectivity index (χ1n) is 5.57. The lowest BCUT2D eigenvalue weighted by Crippen LogP contribution is -2.08. The third kappa shape index (κ3) is 3.26. The van der Waals surface area contributed by atoms with Gasteiger partial charge in [0.25, 0.3) is 0 Å². The molecule has 4 nitrogen and oxygen atoms in total. The van der Waals surface area contributed by atoms with Crippen LogP contribution in [-0.2, 0) is 11.3 Å². The van der Waals surface area contributed by atoms with Gasteiger partial charge in [0.1, 0.15) is 12.4 Å². The number of ether oxygens (including phenoxy) is 1. The lowest BCUT2D eigenvalue weighted by Gasteiger charge is -2.08. The Kier molecular flexibility index (Phi) is 4.06. The molecule has 0 heterocycles. The van der Waals surface area contributed by atoms with Crippen LogP contribution in [0.4, 0.5) is 5.69 Å². The third-order valence-corrected chi connectivity index (χ3v) is 3.35. The Hall–Kier alpha value is -2.01. The van der Waals surface area contributed by atoms with E-state index in [0.29, 0.717) is 0 Å². The number of benzene rings is 2. The van der Waals surface area contributed by atoms with Gasteiger partial charge in [-0.1, -0.05) is 34.1 Å². The number of esters is 1. The zero-order valence-corrected chi connectivity index (χ0v) is 11.6. The van der Waals surface area contributed by atoms with Gasteiger partial charge in [-0.2, -0.15) is 0 Å². The van der Waals surface area contributed by atoms with Crippen molar-refractivity contribution >= 4 is 27.6 Å². The summed E-state index contributed by atoms with van der Waals surface area (Å²) in [5, 5.41) is 9.34. The third-order valence-electron chi connectivity index (χ3n) is 2.57. The van der Waals surface area contributed by atoms with Gasteiger partial charge in [0.05, 0.1) is 5.56 Å². The molecule has 0 fully saturated rings. The first-order chi connectivity index (χ1) is 9.08. The molecule has 98 valence electrons. The molecule has 0 saturated heterocycles. The fourth-order valence-corrected chi connectivity index (χ4v) is 1.96. The number of rotatable bonds is 3. The van der Waals surface area contributed by atoms with E-state index in [0.717, 1.165) is 10.0 Å². The van der Waals surface area contributed by atoms with Gasteiger partial charge in [-0.15, -0.1) is 0 Å². The highest BCUT2D eigenvalue weighted by Gasteiger charge is 2.12. The van der Waals surface area contributed by atoms with Gasteiger partial charge in [-0.3, -0.25) is 0 Å². The van der Waals surface area contributed by atoms with Crippen LogP contribution in [0.2, 0.25) is 0 Å². The summed E-state index contributed by atoms with van der Waals surface area (Å²) in [5.41, 5.74) is 6.96. The summed E-state index contributed by atoms with van der Waals surface area (Å²) in [6, 6.07) is 11.6. The van der Waals surface area contributed by atoms with E-state index < -0.39 is 5.97 Å². The van der Waals surface area contributed by atoms with E-state index in [1.165, 1.54) is 18.2 Å². The number of halogens is 1. The van der Waals surface area contributed by atoms with Crippen molar-refractivity contribution in [3.63, 3.8) is 0 Å². The zero-order valence-electron chi connectivity index (χ0n) is 9.97. The molecule has 0 unspecified atom stereocenters. The van der Waals surface area contributed by atoms with E-state index >= 15 is 0 Å². The van der Waals surface area contributed by atoms with Crippen molar-refractivity contribution in [3.8, 4) is 5.75 Å². The Morgan fingerprint density at radius 3 is 2.74 bits per heavy atom. The molecule has 3 N–H and O–H groups in total. The molecule has 19 heavy (non-hydrogen) atoms. The Morgan fingerprint density at radius 2 is 2.00 bits per heavy atom. The summed E-state index contributed by atoms with van der Waals surface area (Å²) >= 11 is 3.37. The van der Waals surface area contributed by atoms with Crippen LogP contribution in [0.1, 0.15) is 15.9 Å². The smallest absolute Gasteiger partial charge is 0.340 e. The van der Waals surface area contributed by atoms with E-state index in [9.17, 15) is 9.90 Å². The van der Waals surface area contributed by atoms with Crippen LogP contribution in [-0.4, -0.2) is 11.1 Å². The molecule has 5 heteroatoms. The van der Waals surface area contributed by atoms with E-state index in [2.05, 4.69) is 15.9 Å². The van der Waals surface area contributed by atoms with Crippen molar-refractivity contribution in [1.82, 2.24) is 0 Å². The van der Waals surface area contributed by atoms with Gasteiger partial charge in [0, 0.05) is 15.7 Å². The quantitative estimate of drug-likeness (QED) is 0.517. The van der Waals surface area contributed by atoms with Crippen molar-refractivity contribution in [2.45, 2.75) is 6.61 Å². The number of phenols is 1. The summed E-state index contributed by atoms with van der Waals surface area (Å²) < 4.78 is 6.04. The number of nitrogen functional groups attached to an aromatic ring is 1. The molecule has 0 radical (unpaired) electrons. The molecule has 0 aliphatic heterocycles. The van der Waals surface area contributed by atoms with Crippen molar-refractivity contribution in [2.24, 2.45) is 0 Å². The zero-order chi connectivity index (χ0) is 13.8. The van der Waals surface area contributed by atoms with Crippen LogP contribution in [0.15, 0.2) is 46.9 Å². The van der Waals surface area contributed by atoms with Gasteiger partial charge in [-0.25, -0.2) is 4.79 Å². The SMILES string of the molecule is Nc1ccc(O)cc1C(=O)OCc1ccccc1Br. The number of aromatic hydroxyl groups is 1. The fourth-order valence-electron chi connectivity index (χ4n) is 1.56. The molecular weight excluding hydrogens is 310 g/mol. The fraction of sp³-hybridized carbons (Fsp3) is 0.0714. The predicted octanol–water partition coefficient (Wildman–Crippen LogP) is 3.09. The van der Waals surface area contributed by atoms with Crippen LogP contribution >= 0.6 is 15.9 Å². The molecule has 0 spiro atoms. The molecule has 2 aromatic carbocycles. The summed E-state index contributed by atoms with van der Waals surface area (Å²) in [5.74, 6) is -0.591. The Bertz CT molecular complexity index is 613. The number of carbonyl (C=O) groups is 1. The topological polar surface area (TPSA) is 72.5 Å². The minimum Gasteiger partial charge on any atom is -0.508 e. The van der Waals surface area contributed by atoms with Gasteiger partial charge in [0.15, 0.2) is 0 Å². The number of anilines is 1. The maximum Gasteiger partial charge on any atom is 0.340 e. The summed E-state index contributed by atoms with van der Waals surface area (Å²) in [4.78, 5) is 11.9. The summed E-state index contributed by atoms with van der Waals surface area (Å²) in [7, 11) is 0. The molecule has 0 amide bonds. The number of carbonyl (C=O) groups excluding carboxylic acids is 1. The highest BCUT2D eigenvalue weighted by atomic mass is 79.9. The average Bonchev–Trinajstić information content (AvgIpc) is 2.40. The van der Waals surface area contributed by atoms with Crippen molar-refractivity contribution < 1.29 is 14.6 Å². The molecule has 0 saturated carbocycles. The number of hydrogen-bond acceptors (Lipinski definition) is 4. The predicted molar refractivity (Wildman–Crippen MR) is 75.8 cm³/mol. The Labute approximate surface area is 118 Å². The maximum atomic E-state index is 11.9. The van der Waals surface area contributed by atoms with E-state index in [4.69, 9.17) is 10.5 Å². The Balaban J connectivity index is 2.10. The molecular formula is C14H12BrNO3. The van der Waals surface area contributed by atoms with Gasteiger partial charge in [-0.05, 0) is 24.3 Å². The molecule has 0 atom stereocenters. The van der Waals surface area contributed by atoms with Crippen LogP contribution in [0, 0.1) is 0 Å². The van der Waals surface area contributed by atoms with Crippen molar-refractivity contribution in [1.29, 1.82) is 0 Å².